The molecule has 0 fully saturated rings. The molecule has 4 aromatic rings. The average Bonchev–Trinajstić information content (AvgIpc) is 3.27. The minimum atomic E-state index is -3.21. The maximum atomic E-state index is 11.6. The number of aliphatic hydroxyl groups excluding tert-OH is 1. The lowest BCUT2D eigenvalue weighted by atomic mass is 10.2. The van der Waals surface area contributed by atoms with Crippen molar-refractivity contribution in [3.05, 3.63) is 59.2 Å². The molecule has 0 amide bonds. The van der Waals surface area contributed by atoms with Gasteiger partial charge in [-0.1, -0.05) is 12.1 Å². The Kier molecular flexibility index (Phi) is 4.10. The molecule has 0 radical (unpaired) electrons. The molecule has 8 heteroatoms. The van der Waals surface area contributed by atoms with Gasteiger partial charge in [0.1, 0.15) is 10.7 Å². The first-order valence-corrected chi connectivity index (χ1v) is 10.6. The van der Waals surface area contributed by atoms with Gasteiger partial charge in [0.2, 0.25) is 0 Å². The minimum absolute atomic E-state index is 0.0639. The van der Waals surface area contributed by atoms with Crippen molar-refractivity contribution in [3.8, 4) is 22.5 Å². The molecule has 6 nitrogen and oxygen atoms in total. The van der Waals surface area contributed by atoms with E-state index in [1.807, 2.05) is 34.3 Å². The number of imidazole rings is 1. The van der Waals surface area contributed by atoms with E-state index in [1.54, 1.807) is 24.3 Å². The molecule has 3 heterocycles. The van der Waals surface area contributed by atoms with Crippen LogP contribution >= 0.6 is 11.3 Å². The zero-order valence-corrected chi connectivity index (χ0v) is 15.5. The lowest BCUT2D eigenvalue weighted by Crippen LogP contribution is -1.96. The van der Waals surface area contributed by atoms with Gasteiger partial charge in [-0.05, 0) is 24.3 Å². The quantitative estimate of drug-likeness (QED) is 0.584. The number of thiazole rings is 1. The normalized spacial score (nSPS) is 11.9. The predicted molar refractivity (Wildman–Crippen MR) is 101 cm³/mol. The second-order valence-corrected chi connectivity index (χ2v) is 8.85. The third kappa shape index (κ3) is 3.14. The van der Waals surface area contributed by atoms with Crippen LogP contribution in [0.15, 0.2) is 59.1 Å². The molecular formula is C18H15N3O3S2. The summed E-state index contributed by atoms with van der Waals surface area (Å²) in [5.41, 5.74) is 4.14. The molecule has 0 saturated heterocycles. The average molecular weight is 385 g/mol. The van der Waals surface area contributed by atoms with Gasteiger partial charge in [0.25, 0.3) is 0 Å². The fraction of sp³-hybridized carbons (Fsp3) is 0.111. The first-order valence-electron chi connectivity index (χ1n) is 7.79. The number of aromatic nitrogens is 3. The first-order chi connectivity index (χ1) is 12.4. The topological polar surface area (TPSA) is 84.6 Å². The summed E-state index contributed by atoms with van der Waals surface area (Å²) >= 11 is 1.42. The summed E-state index contributed by atoms with van der Waals surface area (Å²) in [6.07, 6.45) is 5.02. The number of hydrogen-bond acceptors (Lipinski definition) is 6. The van der Waals surface area contributed by atoms with Crippen molar-refractivity contribution < 1.29 is 13.5 Å². The summed E-state index contributed by atoms with van der Waals surface area (Å²) in [5.74, 6) is 0. The van der Waals surface area contributed by atoms with Crippen LogP contribution in [-0.4, -0.2) is 34.1 Å². The van der Waals surface area contributed by atoms with E-state index >= 15 is 0 Å². The summed E-state index contributed by atoms with van der Waals surface area (Å²) in [6, 6.07) is 10.5. The standard InChI is InChI=1S/C18H15N3O3S2/c1-26(23,24)14-5-2-12(3-6-14)15-9-21-8-13(4-7-17(21)19-15)16-11-25-18(10-22)20-16/h2-9,11,22H,10H2,1H3. The molecule has 0 spiro atoms. The molecule has 1 aromatic carbocycles. The smallest absolute Gasteiger partial charge is 0.175 e. The number of rotatable bonds is 4. The van der Waals surface area contributed by atoms with Crippen LogP contribution in [0.4, 0.5) is 0 Å². The molecule has 0 saturated carbocycles. The summed E-state index contributed by atoms with van der Waals surface area (Å²) in [5, 5.41) is 11.8. The van der Waals surface area contributed by atoms with Crippen molar-refractivity contribution in [2.45, 2.75) is 11.5 Å². The summed E-state index contributed by atoms with van der Waals surface area (Å²) < 4.78 is 25.1. The highest BCUT2D eigenvalue weighted by atomic mass is 32.2. The SMILES string of the molecule is CS(=O)(=O)c1ccc(-c2cn3cc(-c4csc(CO)n4)ccc3n2)cc1. The Morgan fingerprint density at radius 3 is 2.38 bits per heavy atom. The summed E-state index contributed by atoms with van der Waals surface area (Å²) in [6.45, 7) is -0.0639. The van der Waals surface area contributed by atoms with Gasteiger partial charge < -0.3 is 9.51 Å². The van der Waals surface area contributed by atoms with E-state index in [1.165, 1.54) is 17.6 Å². The van der Waals surface area contributed by atoms with Crippen molar-refractivity contribution in [3.63, 3.8) is 0 Å². The lowest BCUT2D eigenvalue weighted by Gasteiger charge is -1.99. The molecular weight excluding hydrogens is 370 g/mol. The maximum absolute atomic E-state index is 11.6. The Morgan fingerprint density at radius 2 is 1.73 bits per heavy atom. The van der Waals surface area contributed by atoms with Gasteiger partial charge in [0.05, 0.1) is 22.9 Å². The van der Waals surface area contributed by atoms with E-state index in [2.05, 4.69) is 9.97 Å². The van der Waals surface area contributed by atoms with E-state index in [0.29, 0.717) is 5.01 Å². The Hall–Kier alpha value is -2.55. The zero-order valence-electron chi connectivity index (χ0n) is 13.8. The molecule has 26 heavy (non-hydrogen) atoms. The third-order valence-corrected chi connectivity index (χ3v) is 5.97. The van der Waals surface area contributed by atoms with Crippen molar-refractivity contribution >= 4 is 26.8 Å². The van der Waals surface area contributed by atoms with E-state index in [9.17, 15) is 8.42 Å². The van der Waals surface area contributed by atoms with Gasteiger partial charge in [-0.25, -0.2) is 18.4 Å². The zero-order chi connectivity index (χ0) is 18.3. The largest absolute Gasteiger partial charge is 0.389 e. The van der Waals surface area contributed by atoms with Crippen LogP contribution in [0.2, 0.25) is 0 Å². The highest BCUT2D eigenvalue weighted by Gasteiger charge is 2.10. The van der Waals surface area contributed by atoms with E-state index in [0.717, 1.165) is 28.2 Å². The highest BCUT2D eigenvalue weighted by Crippen LogP contribution is 2.25. The molecule has 0 bridgehead atoms. The van der Waals surface area contributed by atoms with Crippen LogP contribution in [0.25, 0.3) is 28.2 Å². The Morgan fingerprint density at radius 1 is 1.00 bits per heavy atom. The van der Waals surface area contributed by atoms with E-state index in [4.69, 9.17) is 5.11 Å². The van der Waals surface area contributed by atoms with Crippen molar-refractivity contribution in [1.82, 2.24) is 14.4 Å². The molecule has 0 unspecified atom stereocenters. The van der Waals surface area contributed by atoms with Crippen molar-refractivity contribution in [1.29, 1.82) is 0 Å². The lowest BCUT2D eigenvalue weighted by molar-refractivity contribution is 0.281. The fourth-order valence-corrected chi connectivity index (χ4v) is 3.96. The first kappa shape index (κ1) is 16.9. The predicted octanol–water partition coefficient (Wildman–Crippen LogP) is 3.02. The fourth-order valence-electron chi connectivity index (χ4n) is 2.67. The molecule has 0 aliphatic heterocycles. The van der Waals surface area contributed by atoms with Crippen LogP contribution in [-0.2, 0) is 16.4 Å². The number of nitrogens with zero attached hydrogens (tertiary/aromatic N) is 3. The number of aliphatic hydroxyl groups is 1. The van der Waals surface area contributed by atoms with Gasteiger partial charge in [-0.2, -0.15) is 0 Å². The van der Waals surface area contributed by atoms with Crippen LogP contribution < -0.4 is 0 Å². The summed E-state index contributed by atoms with van der Waals surface area (Å²) in [4.78, 5) is 9.26. The number of sulfone groups is 1. The van der Waals surface area contributed by atoms with Crippen LogP contribution in [0.3, 0.4) is 0 Å². The Bertz CT molecular complexity index is 1190. The molecule has 132 valence electrons. The van der Waals surface area contributed by atoms with Gasteiger partial charge in [0.15, 0.2) is 9.84 Å². The van der Waals surface area contributed by atoms with E-state index < -0.39 is 9.84 Å². The van der Waals surface area contributed by atoms with Gasteiger partial charge in [-0.3, -0.25) is 0 Å². The molecule has 0 aliphatic rings. The number of fused-ring (bicyclic) bond motifs is 1. The van der Waals surface area contributed by atoms with Crippen LogP contribution in [0, 0.1) is 0 Å². The molecule has 4 rings (SSSR count). The Balaban J connectivity index is 1.71. The molecule has 0 aliphatic carbocycles. The third-order valence-electron chi connectivity index (χ3n) is 4.01. The number of benzene rings is 1. The van der Waals surface area contributed by atoms with Crippen molar-refractivity contribution in [2.75, 3.05) is 6.26 Å². The number of hydrogen-bond donors (Lipinski definition) is 1. The second-order valence-electron chi connectivity index (χ2n) is 5.89. The molecule has 3 aromatic heterocycles. The Labute approximate surface area is 154 Å². The molecule has 1 N–H and O–H groups in total. The van der Waals surface area contributed by atoms with Gasteiger partial charge in [-0.15, -0.1) is 11.3 Å². The monoisotopic (exact) mass is 385 g/mol. The molecule has 0 atom stereocenters. The van der Waals surface area contributed by atoms with Crippen LogP contribution in [0.1, 0.15) is 5.01 Å². The minimum Gasteiger partial charge on any atom is -0.389 e. The van der Waals surface area contributed by atoms with Gasteiger partial charge in [0, 0.05) is 35.2 Å². The van der Waals surface area contributed by atoms with E-state index in [-0.39, 0.29) is 11.5 Å². The maximum Gasteiger partial charge on any atom is 0.175 e. The highest BCUT2D eigenvalue weighted by molar-refractivity contribution is 7.90. The van der Waals surface area contributed by atoms with Gasteiger partial charge >= 0.3 is 0 Å². The summed E-state index contributed by atoms with van der Waals surface area (Å²) in [7, 11) is -3.21. The van der Waals surface area contributed by atoms with Crippen molar-refractivity contribution in [2.24, 2.45) is 0 Å². The van der Waals surface area contributed by atoms with Crippen LogP contribution in [0.5, 0.6) is 0 Å². The number of pyridine rings is 1. The second kappa shape index (κ2) is 6.31.